The Morgan fingerprint density at radius 2 is 2.04 bits per heavy atom. The maximum atomic E-state index is 12.0. The van der Waals surface area contributed by atoms with Gasteiger partial charge in [0.15, 0.2) is 0 Å². The van der Waals surface area contributed by atoms with E-state index in [1.54, 1.807) is 11.2 Å². The van der Waals surface area contributed by atoms with Gasteiger partial charge in [0, 0.05) is 32.0 Å². The first-order valence-corrected chi connectivity index (χ1v) is 7.98. The van der Waals surface area contributed by atoms with Crippen molar-refractivity contribution in [2.75, 3.05) is 13.1 Å². The van der Waals surface area contributed by atoms with Crippen LogP contribution in [0.25, 0.3) is 11.0 Å². The average molecular weight is 317 g/mol. The normalized spacial score (nSPS) is 16.6. The molecule has 3 rings (SSSR count). The monoisotopic (exact) mass is 317 g/mol. The molecule has 1 aromatic heterocycles. The zero-order valence-electron chi connectivity index (χ0n) is 13.8. The second-order valence-electron chi connectivity index (χ2n) is 6.87. The van der Waals surface area contributed by atoms with Gasteiger partial charge in [-0.1, -0.05) is 0 Å². The maximum Gasteiger partial charge on any atom is 0.410 e. The van der Waals surface area contributed by atoms with E-state index in [1.807, 2.05) is 39.0 Å². The molecular weight excluding hydrogens is 294 g/mol. The molecule has 0 bridgehead atoms. The van der Waals surface area contributed by atoms with Gasteiger partial charge >= 0.3 is 6.09 Å². The third-order valence-electron chi connectivity index (χ3n) is 3.79. The highest BCUT2D eigenvalue weighted by Gasteiger charge is 2.27. The van der Waals surface area contributed by atoms with Gasteiger partial charge in [-0.05, 0) is 32.9 Å². The summed E-state index contributed by atoms with van der Waals surface area (Å²) in [5, 5.41) is 0. The molecule has 0 aliphatic carbocycles. The standard InChI is InChI=1S/C17H23N3O3/c1-17(2,3)23-16(21)20-8-6-12(7-9-20)22-13-4-5-14-15(10-13)19-11-18-14/h4-5,10-12H,6-9H2,1-3H3,(H,18,19). The van der Waals surface area contributed by atoms with Crippen molar-refractivity contribution >= 4 is 17.1 Å². The second-order valence-corrected chi connectivity index (χ2v) is 6.87. The van der Waals surface area contributed by atoms with E-state index >= 15 is 0 Å². The number of H-pyrrole nitrogens is 1. The molecule has 1 amide bonds. The molecule has 6 heteroatoms. The lowest BCUT2D eigenvalue weighted by Gasteiger charge is -2.33. The third-order valence-corrected chi connectivity index (χ3v) is 3.79. The fourth-order valence-electron chi connectivity index (χ4n) is 2.66. The quantitative estimate of drug-likeness (QED) is 0.922. The van der Waals surface area contributed by atoms with Crippen molar-refractivity contribution in [3.63, 3.8) is 0 Å². The molecule has 1 saturated heterocycles. The Labute approximate surface area is 135 Å². The van der Waals surface area contributed by atoms with E-state index < -0.39 is 5.60 Å². The molecule has 1 aromatic carbocycles. The van der Waals surface area contributed by atoms with Gasteiger partial charge in [0.05, 0.1) is 17.4 Å². The van der Waals surface area contributed by atoms with E-state index in [0.29, 0.717) is 13.1 Å². The number of aromatic amines is 1. The zero-order valence-corrected chi connectivity index (χ0v) is 13.8. The molecule has 1 N–H and O–H groups in total. The maximum absolute atomic E-state index is 12.0. The van der Waals surface area contributed by atoms with Gasteiger partial charge in [0.2, 0.25) is 0 Å². The summed E-state index contributed by atoms with van der Waals surface area (Å²) in [5.41, 5.74) is 1.44. The molecule has 1 aliphatic heterocycles. The van der Waals surface area contributed by atoms with Crippen LogP contribution in [-0.2, 0) is 4.74 Å². The first-order chi connectivity index (χ1) is 10.9. The van der Waals surface area contributed by atoms with Gasteiger partial charge in [0.1, 0.15) is 17.5 Å². The minimum absolute atomic E-state index is 0.119. The molecule has 0 saturated carbocycles. The smallest absolute Gasteiger partial charge is 0.410 e. The Morgan fingerprint density at radius 3 is 2.74 bits per heavy atom. The molecule has 0 atom stereocenters. The number of rotatable bonds is 2. The minimum Gasteiger partial charge on any atom is -0.490 e. The molecule has 124 valence electrons. The van der Waals surface area contributed by atoms with E-state index in [-0.39, 0.29) is 12.2 Å². The van der Waals surface area contributed by atoms with Gasteiger partial charge in [-0.2, -0.15) is 0 Å². The topological polar surface area (TPSA) is 67.4 Å². The Morgan fingerprint density at radius 1 is 1.30 bits per heavy atom. The van der Waals surface area contributed by atoms with Crippen LogP contribution in [0.2, 0.25) is 0 Å². The van der Waals surface area contributed by atoms with E-state index in [2.05, 4.69) is 9.97 Å². The number of hydrogen-bond acceptors (Lipinski definition) is 4. The fourth-order valence-corrected chi connectivity index (χ4v) is 2.66. The number of benzene rings is 1. The van der Waals surface area contributed by atoms with Crippen LogP contribution < -0.4 is 4.74 Å². The summed E-state index contributed by atoms with van der Waals surface area (Å²) in [5.74, 6) is 0.831. The SMILES string of the molecule is CC(C)(C)OC(=O)N1CCC(Oc2ccc3nc[nH]c3c2)CC1. The predicted molar refractivity (Wildman–Crippen MR) is 87.6 cm³/mol. The molecule has 2 aromatic rings. The lowest BCUT2D eigenvalue weighted by atomic mass is 10.1. The van der Waals surface area contributed by atoms with Crippen LogP contribution in [0, 0.1) is 0 Å². The van der Waals surface area contributed by atoms with Crippen molar-refractivity contribution in [3.8, 4) is 5.75 Å². The highest BCUT2D eigenvalue weighted by atomic mass is 16.6. The number of nitrogens with one attached hydrogen (secondary N) is 1. The van der Waals surface area contributed by atoms with Crippen molar-refractivity contribution in [1.82, 2.24) is 14.9 Å². The summed E-state index contributed by atoms with van der Waals surface area (Å²) < 4.78 is 11.4. The zero-order chi connectivity index (χ0) is 16.4. The van der Waals surface area contributed by atoms with Crippen LogP contribution in [0.15, 0.2) is 24.5 Å². The number of nitrogens with zero attached hydrogens (tertiary/aromatic N) is 2. The summed E-state index contributed by atoms with van der Waals surface area (Å²) in [6.07, 6.45) is 3.16. The van der Waals surface area contributed by atoms with Crippen molar-refractivity contribution in [2.45, 2.75) is 45.3 Å². The van der Waals surface area contributed by atoms with Crippen molar-refractivity contribution in [1.29, 1.82) is 0 Å². The number of imidazole rings is 1. The van der Waals surface area contributed by atoms with Gasteiger partial charge in [-0.15, -0.1) is 0 Å². The first-order valence-electron chi connectivity index (χ1n) is 7.98. The van der Waals surface area contributed by atoms with E-state index in [1.165, 1.54) is 0 Å². The van der Waals surface area contributed by atoms with Gasteiger partial charge in [-0.3, -0.25) is 0 Å². The molecule has 1 fully saturated rings. The molecule has 0 spiro atoms. The third kappa shape index (κ3) is 3.94. The number of ether oxygens (including phenoxy) is 2. The Bertz CT molecular complexity index is 682. The van der Waals surface area contributed by atoms with Crippen LogP contribution in [0.4, 0.5) is 4.79 Å². The Balaban J connectivity index is 1.53. The van der Waals surface area contributed by atoms with Crippen LogP contribution in [0.3, 0.4) is 0 Å². The Hall–Kier alpha value is -2.24. The number of aromatic nitrogens is 2. The lowest BCUT2D eigenvalue weighted by molar-refractivity contribution is 0.0127. The van der Waals surface area contributed by atoms with Gasteiger partial charge in [0.25, 0.3) is 0 Å². The minimum atomic E-state index is -0.454. The van der Waals surface area contributed by atoms with Crippen LogP contribution in [0.5, 0.6) is 5.75 Å². The molecular formula is C17H23N3O3. The molecule has 23 heavy (non-hydrogen) atoms. The number of hydrogen-bond donors (Lipinski definition) is 1. The molecule has 0 unspecified atom stereocenters. The number of carbonyl (C=O) groups excluding carboxylic acids is 1. The number of carbonyl (C=O) groups is 1. The van der Waals surface area contributed by atoms with Crippen molar-refractivity contribution in [3.05, 3.63) is 24.5 Å². The summed E-state index contributed by atoms with van der Waals surface area (Å²) in [6.45, 7) is 6.96. The molecule has 6 nitrogen and oxygen atoms in total. The average Bonchev–Trinajstić information content (AvgIpc) is 2.94. The number of likely N-dealkylation sites (tertiary alicyclic amines) is 1. The lowest BCUT2D eigenvalue weighted by Crippen LogP contribution is -2.44. The number of fused-ring (bicyclic) bond motifs is 1. The highest BCUT2D eigenvalue weighted by Crippen LogP contribution is 2.23. The number of amides is 1. The molecule has 2 heterocycles. The Kier molecular flexibility index (Phi) is 4.15. The molecule has 0 radical (unpaired) electrons. The highest BCUT2D eigenvalue weighted by molar-refractivity contribution is 5.76. The first kappa shape index (κ1) is 15.6. The van der Waals surface area contributed by atoms with E-state index in [0.717, 1.165) is 29.6 Å². The van der Waals surface area contributed by atoms with Crippen LogP contribution in [0.1, 0.15) is 33.6 Å². The second kappa shape index (κ2) is 6.10. The predicted octanol–water partition coefficient (Wildman–Crippen LogP) is 3.34. The summed E-state index contributed by atoms with van der Waals surface area (Å²) in [4.78, 5) is 21.1. The molecule has 1 aliphatic rings. The van der Waals surface area contributed by atoms with E-state index in [4.69, 9.17) is 9.47 Å². The van der Waals surface area contributed by atoms with Gasteiger partial charge < -0.3 is 19.4 Å². The van der Waals surface area contributed by atoms with Gasteiger partial charge in [-0.25, -0.2) is 9.78 Å². The summed E-state index contributed by atoms with van der Waals surface area (Å²) >= 11 is 0. The van der Waals surface area contributed by atoms with Crippen LogP contribution >= 0.6 is 0 Å². The largest absolute Gasteiger partial charge is 0.490 e. The van der Waals surface area contributed by atoms with Crippen LogP contribution in [-0.4, -0.2) is 45.8 Å². The summed E-state index contributed by atoms with van der Waals surface area (Å²) in [6, 6.07) is 5.84. The number of piperidine rings is 1. The fraction of sp³-hybridized carbons (Fsp3) is 0.529. The van der Waals surface area contributed by atoms with Crippen molar-refractivity contribution in [2.24, 2.45) is 0 Å². The van der Waals surface area contributed by atoms with E-state index in [9.17, 15) is 4.79 Å². The summed E-state index contributed by atoms with van der Waals surface area (Å²) in [7, 11) is 0. The van der Waals surface area contributed by atoms with Crippen molar-refractivity contribution < 1.29 is 14.3 Å².